The van der Waals surface area contributed by atoms with Crippen molar-refractivity contribution in [2.75, 3.05) is 11.3 Å². The predicted octanol–water partition coefficient (Wildman–Crippen LogP) is 4.49. The lowest BCUT2D eigenvalue weighted by molar-refractivity contribution is -0.123. The number of carbonyl (C=O) groups excluding carboxylic acids is 1. The number of hydrogen-bond acceptors (Lipinski definition) is 3. The molecule has 0 saturated heterocycles. The van der Waals surface area contributed by atoms with Crippen LogP contribution in [0.25, 0.3) is 0 Å². The quantitative estimate of drug-likeness (QED) is 0.618. The number of rotatable bonds is 9. The summed E-state index contributed by atoms with van der Waals surface area (Å²) >= 11 is 0. The maximum atomic E-state index is 12.7. The molecule has 30 heavy (non-hydrogen) atoms. The van der Waals surface area contributed by atoms with Gasteiger partial charge in [0.1, 0.15) is 0 Å². The van der Waals surface area contributed by atoms with E-state index in [1.165, 1.54) is 0 Å². The molecule has 0 radical (unpaired) electrons. The minimum absolute atomic E-state index is 0.0611. The summed E-state index contributed by atoms with van der Waals surface area (Å²) in [6, 6.07) is 14.2. The zero-order valence-electron chi connectivity index (χ0n) is 18.2. The van der Waals surface area contributed by atoms with Gasteiger partial charge in [-0.3, -0.25) is 9.52 Å². The summed E-state index contributed by atoms with van der Waals surface area (Å²) in [4.78, 5) is 12.8. The third-order valence-corrected chi connectivity index (χ3v) is 6.82. The Bertz CT molecular complexity index is 974. The molecule has 5 nitrogen and oxygen atoms in total. The number of anilines is 1. The predicted molar refractivity (Wildman–Crippen MR) is 121 cm³/mol. The highest BCUT2D eigenvalue weighted by Gasteiger charge is 2.51. The molecule has 1 aliphatic carbocycles. The molecule has 1 amide bonds. The van der Waals surface area contributed by atoms with Crippen LogP contribution in [0.3, 0.4) is 0 Å². The molecule has 6 heteroatoms. The SMILES string of the molecule is CC(C)CNC(=O)C1(c2ccc(NS(=O)(=O)c3ccc(CC(C)C)cc3)cc2)CC1. The summed E-state index contributed by atoms with van der Waals surface area (Å²) in [7, 11) is -3.66. The van der Waals surface area contributed by atoms with Gasteiger partial charge >= 0.3 is 0 Å². The third kappa shape index (κ3) is 5.22. The molecule has 0 aromatic heterocycles. The van der Waals surface area contributed by atoms with Crippen LogP contribution < -0.4 is 10.0 Å². The second-order valence-corrected chi connectivity index (χ2v) is 10.8. The van der Waals surface area contributed by atoms with E-state index in [9.17, 15) is 13.2 Å². The van der Waals surface area contributed by atoms with Crippen molar-refractivity contribution >= 4 is 21.6 Å². The van der Waals surface area contributed by atoms with E-state index in [0.717, 1.165) is 30.4 Å². The normalized spacial score (nSPS) is 15.3. The fraction of sp³-hybridized carbons (Fsp3) is 0.458. The van der Waals surface area contributed by atoms with Gasteiger partial charge in [-0.1, -0.05) is 52.0 Å². The van der Waals surface area contributed by atoms with Crippen LogP contribution in [0, 0.1) is 11.8 Å². The van der Waals surface area contributed by atoms with Gasteiger partial charge in [-0.05, 0) is 66.5 Å². The molecule has 2 N–H and O–H groups in total. The summed E-state index contributed by atoms with van der Waals surface area (Å²) in [6.07, 6.45) is 2.57. The van der Waals surface area contributed by atoms with Gasteiger partial charge in [-0.15, -0.1) is 0 Å². The molecule has 0 spiro atoms. The Hall–Kier alpha value is -2.34. The first-order valence-electron chi connectivity index (χ1n) is 10.6. The molecule has 0 unspecified atom stereocenters. The van der Waals surface area contributed by atoms with Crippen LogP contribution in [0.4, 0.5) is 5.69 Å². The summed E-state index contributed by atoms with van der Waals surface area (Å²) < 4.78 is 28.1. The average molecular weight is 429 g/mol. The Balaban J connectivity index is 1.68. The maximum Gasteiger partial charge on any atom is 0.261 e. The van der Waals surface area contributed by atoms with Gasteiger partial charge in [0, 0.05) is 12.2 Å². The van der Waals surface area contributed by atoms with Gasteiger partial charge in [-0.2, -0.15) is 0 Å². The lowest BCUT2D eigenvalue weighted by Gasteiger charge is -2.17. The molecular formula is C24H32N2O3S. The highest BCUT2D eigenvalue weighted by atomic mass is 32.2. The Labute approximate surface area is 180 Å². The Morgan fingerprint density at radius 3 is 2.03 bits per heavy atom. The van der Waals surface area contributed by atoms with Crippen LogP contribution in [-0.4, -0.2) is 20.9 Å². The van der Waals surface area contributed by atoms with Gasteiger partial charge in [-0.25, -0.2) is 8.42 Å². The molecule has 1 saturated carbocycles. The van der Waals surface area contributed by atoms with E-state index in [-0.39, 0.29) is 10.8 Å². The molecule has 2 aromatic rings. The fourth-order valence-electron chi connectivity index (χ4n) is 3.59. The third-order valence-electron chi connectivity index (χ3n) is 5.42. The number of sulfonamides is 1. The topological polar surface area (TPSA) is 75.3 Å². The largest absolute Gasteiger partial charge is 0.355 e. The zero-order valence-corrected chi connectivity index (χ0v) is 19.1. The minimum atomic E-state index is -3.66. The van der Waals surface area contributed by atoms with Crippen molar-refractivity contribution in [1.82, 2.24) is 5.32 Å². The van der Waals surface area contributed by atoms with E-state index in [2.05, 4.69) is 37.7 Å². The first-order chi connectivity index (χ1) is 14.1. The highest BCUT2D eigenvalue weighted by Crippen LogP contribution is 2.48. The lowest BCUT2D eigenvalue weighted by Crippen LogP contribution is -2.36. The van der Waals surface area contributed by atoms with Crippen molar-refractivity contribution in [2.45, 2.75) is 57.3 Å². The Morgan fingerprint density at radius 1 is 0.933 bits per heavy atom. The zero-order chi connectivity index (χ0) is 21.9. The second kappa shape index (κ2) is 8.80. The molecule has 0 aliphatic heterocycles. The molecule has 2 aromatic carbocycles. The molecule has 162 valence electrons. The first-order valence-corrected chi connectivity index (χ1v) is 12.1. The molecular weight excluding hydrogens is 396 g/mol. The van der Waals surface area contributed by atoms with E-state index >= 15 is 0 Å². The van der Waals surface area contributed by atoms with Gasteiger partial charge < -0.3 is 5.32 Å². The van der Waals surface area contributed by atoms with Gasteiger partial charge in [0.2, 0.25) is 5.91 Å². The smallest absolute Gasteiger partial charge is 0.261 e. The number of carbonyl (C=O) groups is 1. The average Bonchev–Trinajstić information content (AvgIpc) is 3.48. The molecule has 0 atom stereocenters. The number of nitrogens with one attached hydrogen (secondary N) is 2. The van der Waals surface area contributed by atoms with Crippen LogP contribution in [-0.2, 0) is 26.7 Å². The lowest BCUT2D eigenvalue weighted by atomic mass is 9.94. The van der Waals surface area contributed by atoms with E-state index in [1.54, 1.807) is 24.3 Å². The molecule has 3 rings (SSSR count). The maximum absolute atomic E-state index is 12.7. The van der Waals surface area contributed by atoms with E-state index < -0.39 is 15.4 Å². The standard InChI is InChI=1S/C24H32N2O3S/c1-17(2)15-19-5-11-22(12-6-19)30(28,29)26-21-9-7-20(8-10-21)24(13-14-24)23(27)25-16-18(3)4/h5-12,17-18,26H,13-16H2,1-4H3,(H,25,27). The second-order valence-electron chi connectivity index (χ2n) is 9.11. The van der Waals surface area contributed by atoms with E-state index in [4.69, 9.17) is 0 Å². The van der Waals surface area contributed by atoms with Crippen molar-refractivity contribution < 1.29 is 13.2 Å². The van der Waals surface area contributed by atoms with Crippen LogP contribution in [0.5, 0.6) is 0 Å². The highest BCUT2D eigenvalue weighted by molar-refractivity contribution is 7.92. The molecule has 1 aliphatic rings. The number of benzene rings is 2. The van der Waals surface area contributed by atoms with Gasteiger partial charge in [0.15, 0.2) is 0 Å². The first kappa shape index (κ1) is 22.3. The summed E-state index contributed by atoms with van der Waals surface area (Å²) in [5.41, 5.74) is 2.09. The molecule has 0 heterocycles. The summed E-state index contributed by atoms with van der Waals surface area (Å²) in [6.45, 7) is 9.07. The van der Waals surface area contributed by atoms with Crippen molar-refractivity contribution in [3.05, 3.63) is 59.7 Å². The Kier molecular flexibility index (Phi) is 6.56. The number of hydrogen-bond donors (Lipinski definition) is 2. The molecule has 1 fully saturated rings. The van der Waals surface area contributed by atoms with E-state index in [1.807, 2.05) is 24.3 Å². The van der Waals surface area contributed by atoms with Crippen molar-refractivity contribution in [2.24, 2.45) is 11.8 Å². The van der Waals surface area contributed by atoms with Crippen molar-refractivity contribution in [3.63, 3.8) is 0 Å². The Morgan fingerprint density at radius 2 is 1.53 bits per heavy atom. The van der Waals surface area contributed by atoms with E-state index in [0.29, 0.717) is 24.1 Å². The van der Waals surface area contributed by atoms with Crippen LogP contribution in [0.1, 0.15) is 51.7 Å². The monoisotopic (exact) mass is 428 g/mol. The fourth-order valence-corrected chi connectivity index (χ4v) is 4.64. The van der Waals surface area contributed by atoms with Crippen molar-refractivity contribution in [3.8, 4) is 0 Å². The molecule has 0 bridgehead atoms. The van der Waals surface area contributed by atoms with Crippen LogP contribution >= 0.6 is 0 Å². The number of amides is 1. The van der Waals surface area contributed by atoms with Crippen LogP contribution in [0.2, 0.25) is 0 Å². The van der Waals surface area contributed by atoms with Gasteiger partial charge in [0.05, 0.1) is 10.3 Å². The minimum Gasteiger partial charge on any atom is -0.355 e. The van der Waals surface area contributed by atoms with Crippen LogP contribution in [0.15, 0.2) is 53.4 Å². The van der Waals surface area contributed by atoms with Gasteiger partial charge in [0.25, 0.3) is 10.0 Å². The summed E-state index contributed by atoms with van der Waals surface area (Å²) in [5.74, 6) is 0.985. The summed E-state index contributed by atoms with van der Waals surface area (Å²) in [5, 5.41) is 3.02. The van der Waals surface area contributed by atoms with Crippen molar-refractivity contribution in [1.29, 1.82) is 0 Å².